The molecule has 2 atom stereocenters. The minimum Gasteiger partial charge on any atom is -0.393 e. The molecule has 0 saturated heterocycles. The molecule has 0 fully saturated rings. The van der Waals surface area contributed by atoms with E-state index in [9.17, 15) is 19.4 Å². The molecule has 0 aliphatic heterocycles. The summed E-state index contributed by atoms with van der Waals surface area (Å²) in [5, 5.41) is 23.5. The van der Waals surface area contributed by atoms with Crippen molar-refractivity contribution in [3.8, 4) is 22.5 Å². The van der Waals surface area contributed by atoms with Gasteiger partial charge in [0.15, 0.2) is 0 Å². The van der Waals surface area contributed by atoms with Crippen molar-refractivity contribution >= 4 is 5.91 Å². The molecule has 40 heavy (non-hydrogen) atoms. The summed E-state index contributed by atoms with van der Waals surface area (Å²) in [5.41, 5.74) is 4.67. The van der Waals surface area contributed by atoms with Gasteiger partial charge in [0.25, 0.3) is 5.91 Å². The molecule has 0 saturated carbocycles. The second kappa shape index (κ2) is 13.5. The van der Waals surface area contributed by atoms with Crippen LogP contribution >= 0.6 is 0 Å². The van der Waals surface area contributed by atoms with E-state index < -0.39 is 12.2 Å². The maximum Gasteiger partial charge on any atom is 0.272 e. The summed E-state index contributed by atoms with van der Waals surface area (Å²) in [6, 6.07) is 17.8. The van der Waals surface area contributed by atoms with E-state index in [2.05, 4.69) is 10.3 Å². The van der Waals surface area contributed by atoms with Crippen LogP contribution in [0, 0.1) is 5.82 Å². The zero-order chi connectivity index (χ0) is 28.6. The third kappa shape index (κ3) is 7.20. The third-order valence-electron chi connectivity index (χ3n) is 6.95. The number of hydrogen-bond acceptors (Lipinski definition) is 5. The second-order valence-electron chi connectivity index (χ2n) is 10.3. The average molecular weight is 545 g/mol. The number of hydrogen-bond donors (Lipinski definition) is 3. The molecule has 2 heterocycles. The van der Waals surface area contributed by atoms with Crippen LogP contribution in [0.5, 0.6) is 0 Å². The first kappa shape index (κ1) is 29.1. The minimum absolute atomic E-state index is 0.0465. The Labute approximate surface area is 234 Å². The van der Waals surface area contributed by atoms with Crippen molar-refractivity contribution in [2.24, 2.45) is 0 Å². The average Bonchev–Trinajstić information content (AvgIpc) is 3.35. The summed E-state index contributed by atoms with van der Waals surface area (Å²) in [6.45, 7) is 6.57. The zero-order valence-electron chi connectivity index (χ0n) is 23.2. The van der Waals surface area contributed by atoms with E-state index in [1.165, 1.54) is 12.1 Å². The van der Waals surface area contributed by atoms with Crippen LogP contribution in [0.15, 0.2) is 73.1 Å². The smallest absolute Gasteiger partial charge is 0.272 e. The highest BCUT2D eigenvalue weighted by atomic mass is 19.1. The number of halogens is 1. The molecule has 2 unspecified atom stereocenters. The highest BCUT2D eigenvalue weighted by molar-refractivity contribution is 5.94. The molecule has 210 valence electrons. The fourth-order valence-electron chi connectivity index (χ4n) is 4.80. The molecule has 4 aromatic rings. The Morgan fingerprint density at radius 2 is 1.75 bits per heavy atom. The van der Waals surface area contributed by atoms with Gasteiger partial charge in [-0.2, -0.15) is 0 Å². The maximum atomic E-state index is 13.7. The van der Waals surface area contributed by atoms with Crippen LogP contribution in [0.3, 0.4) is 0 Å². The Morgan fingerprint density at radius 3 is 2.42 bits per heavy atom. The van der Waals surface area contributed by atoms with Crippen LogP contribution in [0.1, 0.15) is 67.7 Å². The Hall–Kier alpha value is -3.88. The Morgan fingerprint density at radius 1 is 1.00 bits per heavy atom. The van der Waals surface area contributed by atoms with Gasteiger partial charge >= 0.3 is 0 Å². The number of pyridine rings is 1. The van der Waals surface area contributed by atoms with Crippen molar-refractivity contribution in [3.63, 3.8) is 0 Å². The lowest BCUT2D eigenvalue weighted by Crippen LogP contribution is -2.25. The molecule has 8 heteroatoms. The molecule has 7 nitrogen and oxygen atoms in total. The van der Waals surface area contributed by atoms with Gasteiger partial charge in [-0.1, -0.05) is 45.0 Å². The van der Waals surface area contributed by atoms with Crippen molar-refractivity contribution in [1.29, 1.82) is 0 Å². The van der Waals surface area contributed by atoms with E-state index in [0.717, 1.165) is 22.4 Å². The quantitative estimate of drug-likeness (QED) is 0.212. The van der Waals surface area contributed by atoms with Crippen molar-refractivity contribution in [3.05, 3.63) is 95.8 Å². The molecule has 4 rings (SSSR count). The summed E-state index contributed by atoms with van der Waals surface area (Å²) in [7, 11) is 0. The number of aliphatic hydroxyl groups excluding tert-OH is 2. The number of amides is 1. The van der Waals surface area contributed by atoms with Gasteiger partial charge in [-0.3, -0.25) is 9.78 Å². The molecule has 0 aliphatic carbocycles. The number of carbonyl (C=O) groups excluding carboxylic acids is 1. The van der Waals surface area contributed by atoms with Gasteiger partial charge in [-0.05, 0) is 78.3 Å². The van der Waals surface area contributed by atoms with Crippen LogP contribution in [0.2, 0.25) is 0 Å². The molecule has 3 N–H and O–H groups in total. The first-order valence-corrected chi connectivity index (χ1v) is 13.8. The normalized spacial score (nSPS) is 12.9. The summed E-state index contributed by atoms with van der Waals surface area (Å²) in [4.78, 5) is 22.5. The van der Waals surface area contributed by atoms with E-state index in [-0.39, 0.29) is 24.1 Å². The minimum atomic E-state index is -0.706. The summed E-state index contributed by atoms with van der Waals surface area (Å²) >= 11 is 0. The Kier molecular flexibility index (Phi) is 9.79. The topological polar surface area (TPSA) is 100 Å². The second-order valence-corrected chi connectivity index (χ2v) is 10.3. The van der Waals surface area contributed by atoms with Gasteiger partial charge in [0.2, 0.25) is 0 Å². The van der Waals surface area contributed by atoms with E-state index in [0.29, 0.717) is 43.0 Å². The Bertz CT molecular complexity index is 1400. The number of aliphatic hydroxyl groups is 2. The number of nitrogens with zero attached hydrogens (tertiary/aromatic N) is 3. The highest BCUT2D eigenvalue weighted by Gasteiger charge is 2.26. The fraction of sp³-hybridized carbons (Fsp3) is 0.344. The van der Waals surface area contributed by atoms with E-state index >= 15 is 0 Å². The number of aromatic nitrogens is 3. The van der Waals surface area contributed by atoms with Crippen LogP contribution < -0.4 is 5.32 Å². The van der Waals surface area contributed by atoms with Crippen LogP contribution in [-0.2, 0) is 13.1 Å². The molecule has 2 aromatic carbocycles. The fourth-order valence-corrected chi connectivity index (χ4v) is 4.80. The third-order valence-corrected chi connectivity index (χ3v) is 6.95. The largest absolute Gasteiger partial charge is 0.393 e. The predicted octanol–water partition coefficient (Wildman–Crippen LogP) is 5.72. The predicted molar refractivity (Wildman–Crippen MR) is 154 cm³/mol. The van der Waals surface area contributed by atoms with Crippen molar-refractivity contribution < 1.29 is 19.4 Å². The first-order chi connectivity index (χ1) is 19.3. The number of benzene rings is 2. The lowest BCUT2D eigenvalue weighted by molar-refractivity contribution is 0.0711. The standard InChI is InChI=1S/C32H37FN4O3/c1-4-27(38)18-28(39)14-16-37-30(21(2)3)29(36-31(37)23-10-12-26(33)13-11-23)32(40)35-19-22-7-5-8-24(17-22)25-9-6-15-34-20-25/h5-13,15,17,20-21,27-28,38-39H,4,14,16,18-19H2,1-3H3,(H,35,40). The molecule has 0 spiro atoms. The zero-order valence-corrected chi connectivity index (χ0v) is 23.2. The van der Waals surface area contributed by atoms with E-state index in [4.69, 9.17) is 4.98 Å². The molecule has 0 bridgehead atoms. The van der Waals surface area contributed by atoms with Gasteiger partial charge in [-0.25, -0.2) is 9.37 Å². The molecule has 0 aliphatic rings. The van der Waals surface area contributed by atoms with Gasteiger partial charge < -0.3 is 20.1 Å². The number of carbonyl (C=O) groups is 1. The number of rotatable bonds is 12. The molecule has 2 aromatic heterocycles. The SMILES string of the molecule is CCC(O)CC(O)CCn1c(-c2ccc(F)cc2)nc(C(=O)NCc2cccc(-c3cccnc3)c2)c1C(C)C. The maximum absolute atomic E-state index is 13.7. The summed E-state index contributed by atoms with van der Waals surface area (Å²) in [5.74, 6) is -0.175. The van der Waals surface area contributed by atoms with Gasteiger partial charge in [0.1, 0.15) is 17.3 Å². The lowest BCUT2D eigenvalue weighted by Gasteiger charge is -2.19. The first-order valence-electron chi connectivity index (χ1n) is 13.8. The summed E-state index contributed by atoms with van der Waals surface area (Å²) in [6.07, 6.45) is 3.48. The van der Waals surface area contributed by atoms with Crippen molar-refractivity contribution in [2.75, 3.05) is 0 Å². The number of nitrogens with one attached hydrogen (secondary N) is 1. The number of imidazole rings is 1. The highest BCUT2D eigenvalue weighted by Crippen LogP contribution is 2.29. The van der Waals surface area contributed by atoms with Crippen LogP contribution in [0.25, 0.3) is 22.5 Å². The monoisotopic (exact) mass is 544 g/mol. The van der Waals surface area contributed by atoms with Gasteiger partial charge in [-0.15, -0.1) is 0 Å². The van der Waals surface area contributed by atoms with Gasteiger partial charge in [0, 0.05) is 31.0 Å². The van der Waals surface area contributed by atoms with Gasteiger partial charge in [0.05, 0.1) is 17.9 Å². The van der Waals surface area contributed by atoms with Crippen LogP contribution in [-0.4, -0.2) is 42.9 Å². The molecule has 0 radical (unpaired) electrons. The molecule has 1 amide bonds. The Balaban J connectivity index is 1.61. The molecular weight excluding hydrogens is 507 g/mol. The van der Waals surface area contributed by atoms with E-state index in [1.807, 2.05) is 61.7 Å². The lowest BCUT2D eigenvalue weighted by atomic mass is 10.0. The summed E-state index contributed by atoms with van der Waals surface area (Å²) < 4.78 is 15.6. The van der Waals surface area contributed by atoms with Crippen molar-refractivity contribution in [1.82, 2.24) is 19.9 Å². The molecular formula is C32H37FN4O3. The van der Waals surface area contributed by atoms with Crippen LogP contribution in [0.4, 0.5) is 4.39 Å². The van der Waals surface area contributed by atoms with E-state index in [1.54, 1.807) is 24.5 Å². The van der Waals surface area contributed by atoms with Crippen molar-refractivity contribution in [2.45, 2.75) is 71.2 Å².